The first-order valence-electron chi connectivity index (χ1n) is 10.4. The quantitative estimate of drug-likeness (QED) is 0.392. The largest absolute Gasteiger partial charge is 0.484 e. The minimum Gasteiger partial charge on any atom is -0.484 e. The summed E-state index contributed by atoms with van der Waals surface area (Å²) in [4.78, 5) is 24.6. The van der Waals surface area contributed by atoms with Gasteiger partial charge in [-0.25, -0.2) is 0 Å². The highest BCUT2D eigenvalue weighted by atomic mass is 16.5. The highest BCUT2D eigenvalue weighted by molar-refractivity contribution is 6.09. The number of rotatable bonds is 7. The first kappa shape index (κ1) is 23.3. The zero-order valence-corrected chi connectivity index (χ0v) is 18.8. The smallest absolute Gasteiger partial charge is 0.266 e. The zero-order valence-electron chi connectivity index (χ0n) is 18.8. The lowest BCUT2D eigenvalue weighted by Crippen LogP contribution is -2.20. The number of nitrogens with one attached hydrogen (secondary N) is 2. The summed E-state index contributed by atoms with van der Waals surface area (Å²) in [6, 6.07) is 21.8. The van der Waals surface area contributed by atoms with Gasteiger partial charge in [0.05, 0.1) is 0 Å². The number of benzene rings is 3. The summed E-state index contributed by atoms with van der Waals surface area (Å²) >= 11 is 0. The van der Waals surface area contributed by atoms with Gasteiger partial charge in [0.25, 0.3) is 11.8 Å². The van der Waals surface area contributed by atoms with Gasteiger partial charge >= 0.3 is 0 Å². The van der Waals surface area contributed by atoms with Gasteiger partial charge in [-0.3, -0.25) is 9.59 Å². The molecular formula is C27H25N3O3. The van der Waals surface area contributed by atoms with Crippen LogP contribution in [0, 0.1) is 32.1 Å². The van der Waals surface area contributed by atoms with Crippen molar-refractivity contribution in [3.05, 3.63) is 94.6 Å². The van der Waals surface area contributed by atoms with Crippen LogP contribution in [0.5, 0.6) is 5.75 Å². The van der Waals surface area contributed by atoms with E-state index < -0.39 is 5.91 Å². The van der Waals surface area contributed by atoms with Crippen LogP contribution in [0.3, 0.4) is 0 Å². The summed E-state index contributed by atoms with van der Waals surface area (Å²) in [5, 5.41) is 15.0. The van der Waals surface area contributed by atoms with E-state index in [0.29, 0.717) is 17.0 Å². The lowest BCUT2D eigenvalue weighted by Gasteiger charge is -2.11. The fraction of sp³-hybridized carbons (Fsp3) is 0.148. The summed E-state index contributed by atoms with van der Waals surface area (Å²) in [5.41, 5.74) is 5.16. The maximum absolute atomic E-state index is 12.4. The predicted octanol–water partition coefficient (Wildman–Crippen LogP) is 5.18. The Balaban J connectivity index is 1.58. The number of carbonyl (C=O) groups excluding carboxylic acids is 2. The molecule has 0 aliphatic heterocycles. The number of carbonyl (C=O) groups is 2. The van der Waals surface area contributed by atoms with E-state index in [9.17, 15) is 14.9 Å². The summed E-state index contributed by atoms with van der Waals surface area (Å²) in [5.74, 6) is -0.232. The van der Waals surface area contributed by atoms with E-state index in [2.05, 4.69) is 10.6 Å². The van der Waals surface area contributed by atoms with Crippen LogP contribution in [-0.2, 0) is 9.59 Å². The van der Waals surface area contributed by atoms with E-state index in [1.807, 2.05) is 63.2 Å². The Labute approximate surface area is 193 Å². The molecule has 33 heavy (non-hydrogen) atoms. The van der Waals surface area contributed by atoms with Crippen molar-refractivity contribution in [1.82, 2.24) is 0 Å². The molecule has 6 nitrogen and oxygen atoms in total. The van der Waals surface area contributed by atoms with E-state index in [4.69, 9.17) is 4.74 Å². The van der Waals surface area contributed by atoms with Gasteiger partial charge in [-0.15, -0.1) is 0 Å². The molecule has 0 atom stereocenters. The number of anilines is 2. The Morgan fingerprint density at radius 3 is 2.39 bits per heavy atom. The van der Waals surface area contributed by atoms with Crippen molar-refractivity contribution in [3.63, 3.8) is 0 Å². The molecule has 0 aliphatic rings. The lowest BCUT2D eigenvalue weighted by atomic mass is 10.1. The van der Waals surface area contributed by atoms with Gasteiger partial charge in [-0.2, -0.15) is 5.26 Å². The van der Waals surface area contributed by atoms with Gasteiger partial charge < -0.3 is 15.4 Å². The van der Waals surface area contributed by atoms with Crippen molar-refractivity contribution in [1.29, 1.82) is 5.26 Å². The molecule has 2 N–H and O–H groups in total. The Bertz CT molecular complexity index is 1240. The minimum atomic E-state index is -0.480. The van der Waals surface area contributed by atoms with Crippen molar-refractivity contribution < 1.29 is 14.3 Å². The van der Waals surface area contributed by atoms with E-state index in [0.717, 1.165) is 22.4 Å². The Kier molecular flexibility index (Phi) is 7.61. The van der Waals surface area contributed by atoms with Crippen LogP contribution in [-0.4, -0.2) is 18.4 Å². The summed E-state index contributed by atoms with van der Waals surface area (Å²) in [7, 11) is 0. The van der Waals surface area contributed by atoms with Gasteiger partial charge in [-0.1, -0.05) is 36.4 Å². The van der Waals surface area contributed by atoms with Crippen LogP contribution in [0.1, 0.15) is 22.3 Å². The molecule has 3 aromatic carbocycles. The summed E-state index contributed by atoms with van der Waals surface area (Å²) in [6.45, 7) is 5.73. The molecule has 0 aliphatic carbocycles. The third-order valence-corrected chi connectivity index (χ3v) is 5.08. The molecule has 0 unspecified atom stereocenters. The van der Waals surface area contributed by atoms with Crippen LogP contribution < -0.4 is 15.4 Å². The van der Waals surface area contributed by atoms with Crippen molar-refractivity contribution in [2.75, 3.05) is 17.2 Å². The summed E-state index contributed by atoms with van der Waals surface area (Å²) < 4.78 is 5.56. The minimum absolute atomic E-state index is 0.0157. The fourth-order valence-corrected chi connectivity index (χ4v) is 3.12. The molecule has 0 spiro atoms. The summed E-state index contributed by atoms with van der Waals surface area (Å²) in [6.07, 6.45) is 1.50. The fourth-order valence-electron chi connectivity index (χ4n) is 3.12. The molecule has 3 aromatic rings. The molecule has 0 aromatic heterocycles. The zero-order chi connectivity index (χ0) is 23.8. The second-order valence-electron chi connectivity index (χ2n) is 7.65. The number of hydrogen-bond donors (Lipinski definition) is 2. The van der Waals surface area contributed by atoms with Crippen LogP contribution >= 0.6 is 0 Å². The second-order valence-corrected chi connectivity index (χ2v) is 7.65. The third-order valence-electron chi connectivity index (χ3n) is 5.08. The Morgan fingerprint density at radius 2 is 1.70 bits per heavy atom. The van der Waals surface area contributed by atoms with Crippen LogP contribution in [0.2, 0.25) is 0 Å². The van der Waals surface area contributed by atoms with Crippen molar-refractivity contribution in [2.45, 2.75) is 20.8 Å². The molecule has 0 radical (unpaired) electrons. The van der Waals surface area contributed by atoms with Crippen molar-refractivity contribution in [3.8, 4) is 11.8 Å². The SMILES string of the molecule is Cc1cccc(NC(=O)/C(C#N)=C/c2ccc(OCC(=O)Nc3cccc(C)c3C)cc2)c1. The van der Waals surface area contributed by atoms with E-state index in [-0.39, 0.29) is 18.1 Å². The maximum Gasteiger partial charge on any atom is 0.266 e. The number of amides is 2. The molecule has 3 rings (SSSR count). The van der Waals surface area contributed by atoms with E-state index >= 15 is 0 Å². The molecule has 0 fully saturated rings. The van der Waals surface area contributed by atoms with Crippen molar-refractivity contribution in [2.24, 2.45) is 0 Å². The van der Waals surface area contributed by atoms with Crippen LogP contribution in [0.15, 0.2) is 72.3 Å². The monoisotopic (exact) mass is 439 g/mol. The second kappa shape index (κ2) is 10.8. The molecule has 0 saturated carbocycles. The van der Waals surface area contributed by atoms with Gasteiger partial charge in [0, 0.05) is 11.4 Å². The molecular weight excluding hydrogens is 414 g/mol. The van der Waals surface area contributed by atoms with Crippen LogP contribution in [0.25, 0.3) is 6.08 Å². The van der Waals surface area contributed by atoms with Crippen molar-refractivity contribution >= 4 is 29.3 Å². The molecule has 0 bridgehead atoms. The van der Waals surface area contributed by atoms with Gasteiger partial charge in [-0.05, 0) is 79.4 Å². The van der Waals surface area contributed by atoms with E-state index in [1.165, 1.54) is 6.08 Å². The van der Waals surface area contributed by atoms with Gasteiger partial charge in [0.15, 0.2) is 6.61 Å². The average Bonchev–Trinajstić information content (AvgIpc) is 2.80. The molecule has 166 valence electrons. The highest BCUT2D eigenvalue weighted by Gasteiger charge is 2.10. The molecule has 2 amide bonds. The number of aryl methyl sites for hydroxylation is 2. The number of ether oxygens (including phenoxy) is 1. The topological polar surface area (TPSA) is 91.2 Å². The third kappa shape index (κ3) is 6.55. The predicted molar refractivity (Wildman–Crippen MR) is 130 cm³/mol. The Hall–Kier alpha value is -4.37. The molecule has 0 heterocycles. The Morgan fingerprint density at radius 1 is 0.970 bits per heavy atom. The first-order chi connectivity index (χ1) is 15.9. The van der Waals surface area contributed by atoms with Gasteiger partial charge in [0.1, 0.15) is 17.4 Å². The lowest BCUT2D eigenvalue weighted by molar-refractivity contribution is -0.118. The highest BCUT2D eigenvalue weighted by Crippen LogP contribution is 2.19. The molecule has 6 heteroatoms. The first-order valence-corrected chi connectivity index (χ1v) is 10.4. The number of nitriles is 1. The number of nitrogens with zero attached hydrogens (tertiary/aromatic N) is 1. The van der Waals surface area contributed by atoms with Gasteiger partial charge in [0.2, 0.25) is 0 Å². The molecule has 0 saturated heterocycles. The maximum atomic E-state index is 12.4. The normalized spacial score (nSPS) is 10.8. The van der Waals surface area contributed by atoms with E-state index in [1.54, 1.807) is 30.3 Å². The van der Waals surface area contributed by atoms with Crippen LogP contribution in [0.4, 0.5) is 11.4 Å². The standard InChI is InChI=1S/C27H25N3O3/c1-18-6-4-8-23(14-18)29-27(32)22(16-28)15-21-10-12-24(13-11-21)33-17-26(31)30-25-9-5-7-19(2)20(25)3/h4-15H,17H2,1-3H3,(H,29,32)(H,30,31)/b22-15+. The average molecular weight is 440 g/mol. The number of hydrogen-bond acceptors (Lipinski definition) is 4.